The molecule has 1 unspecified atom stereocenters. The number of pyridine rings is 1. The topological polar surface area (TPSA) is 127 Å². The second-order valence-corrected chi connectivity index (χ2v) is 14.8. The van der Waals surface area contributed by atoms with Gasteiger partial charge < -0.3 is 29.7 Å². The molecule has 0 radical (unpaired) electrons. The summed E-state index contributed by atoms with van der Waals surface area (Å²) >= 11 is 0. The fourth-order valence-electron chi connectivity index (χ4n) is 5.88. The number of hydrogen-bond acceptors (Lipinski definition) is 8. The zero-order valence-corrected chi connectivity index (χ0v) is 27.7. The molecule has 2 saturated heterocycles. The number of nitrogens with one attached hydrogen (secondary N) is 2. The number of benzene rings is 1. The molecule has 14 heteroatoms. The molecule has 2 amide bonds. The highest BCUT2D eigenvalue weighted by atomic mass is 32.2. The Morgan fingerprint density at radius 2 is 1.67 bits per heavy atom. The molecular formula is C32H44F2N6O5S. The number of aliphatic hydroxyl groups is 1. The van der Waals surface area contributed by atoms with Gasteiger partial charge in [0.2, 0.25) is 0 Å². The Morgan fingerprint density at radius 3 is 2.28 bits per heavy atom. The van der Waals surface area contributed by atoms with Crippen LogP contribution in [0, 0.1) is 5.41 Å². The van der Waals surface area contributed by atoms with Gasteiger partial charge in [0.25, 0.3) is 11.8 Å². The van der Waals surface area contributed by atoms with E-state index >= 15 is 0 Å². The van der Waals surface area contributed by atoms with Crippen LogP contribution < -0.4 is 24.7 Å². The predicted octanol–water partition coefficient (Wildman–Crippen LogP) is 5.39. The number of ether oxygens (including phenoxy) is 1. The number of rotatable bonds is 9. The average molecular weight is 663 g/mol. The van der Waals surface area contributed by atoms with E-state index in [-0.39, 0.29) is 44.1 Å². The monoisotopic (exact) mass is 662 g/mol. The number of carbonyl (C=O) groups excluding carboxylic acids is 2. The van der Waals surface area contributed by atoms with E-state index in [1.54, 1.807) is 56.0 Å². The molecule has 11 nitrogen and oxygen atoms in total. The molecule has 2 aliphatic heterocycles. The van der Waals surface area contributed by atoms with Gasteiger partial charge in [-0.25, -0.2) is 22.8 Å². The standard InChI is InChI=1S/C32H44F2N6O5S/c1-30(2,3)45-29(43)38(4)24-7-8-26(35-27(24)40-17-13-32(33,34)14-18-40)36-28(42)23-6-5-22(37-46(44)20-19-41)21-25(23)39-15-11-31(9-10-31)12-16-39/h5-8,21,37,41H,9-20H2,1-4H3,(H,35,36,42). The Hall–Kier alpha value is -3.52. The van der Waals surface area contributed by atoms with Crippen LogP contribution >= 0.6 is 0 Å². The summed E-state index contributed by atoms with van der Waals surface area (Å²) in [6, 6.07) is 8.34. The van der Waals surface area contributed by atoms with Crippen molar-refractivity contribution in [2.45, 2.75) is 70.8 Å². The van der Waals surface area contributed by atoms with Crippen LogP contribution in [0.3, 0.4) is 0 Å². The summed E-state index contributed by atoms with van der Waals surface area (Å²) in [5.74, 6) is -2.63. The third-order valence-corrected chi connectivity index (χ3v) is 9.81. The maximum Gasteiger partial charge on any atom is 0.414 e. The Bertz CT molecular complexity index is 1460. The lowest BCUT2D eigenvalue weighted by Crippen LogP contribution is -2.41. The molecule has 1 saturated carbocycles. The van der Waals surface area contributed by atoms with E-state index in [9.17, 15) is 22.6 Å². The first-order chi connectivity index (χ1) is 21.7. The van der Waals surface area contributed by atoms with Crippen LogP contribution in [0.1, 0.15) is 69.7 Å². The second kappa shape index (κ2) is 13.3. The van der Waals surface area contributed by atoms with E-state index in [2.05, 4.69) is 19.9 Å². The number of anilines is 5. The number of hydrogen-bond donors (Lipinski definition) is 3. The summed E-state index contributed by atoms with van der Waals surface area (Å²) in [4.78, 5) is 36.6. The Morgan fingerprint density at radius 1 is 1.02 bits per heavy atom. The van der Waals surface area contributed by atoms with Crippen molar-refractivity contribution >= 4 is 51.7 Å². The van der Waals surface area contributed by atoms with Gasteiger partial charge >= 0.3 is 6.09 Å². The smallest absolute Gasteiger partial charge is 0.414 e. The summed E-state index contributed by atoms with van der Waals surface area (Å²) in [7, 11) is 0.0541. The maximum absolute atomic E-state index is 14.1. The number of nitrogens with zero attached hydrogens (tertiary/aromatic N) is 4. The molecular weight excluding hydrogens is 618 g/mol. The van der Waals surface area contributed by atoms with Gasteiger partial charge in [-0.05, 0) is 82.2 Å². The molecule has 1 spiro atoms. The molecule has 252 valence electrons. The van der Waals surface area contributed by atoms with Crippen LogP contribution in [-0.2, 0) is 15.7 Å². The number of halogens is 2. The summed E-state index contributed by atoms with van der Waals surface area (Å²) in [5.41, 5.74) is 1.71. The Balaban J connectivity index is 1.42. The van der Waals surface area contributed by atoms with Crippen molar-refractivity contribution < 1.29 is 32.4 Å². The van der Waals surface area contributed by atoms with Crippen LogP contribution in [0.2, 0.25) is 0 Å². The number of piperidine rings is 2. The molecule has 5 rings (SSSR count). The van der Waals surface area contributed by atoms with Crippen LogP contribution in [0.4, 0.5) is 42.3 Å². The van der Waals surface area contributed by atoms with E-state index in [0.717, 1.165) is 25.9 Å². The number of aromatic nitrogens is 1. The summed E-state index contributed by atoms with van der Waals surface area (Å²) in [6.07, 6.45) is 3.20. The number of carbonyl (C=O) groups is 2. The highest BCUT2D eigenvalue weighted by molar-refractivity contribution is 7.86. The Labute approximate surface area is 271 Å². The molecule has 1 aliphatic carbocycles. The van der Waals surface area contributed by atoms with E-state index in [0.29, 0.717) is 33.9 Å². The van der Waals surface area contributed by atoms with Crippen LogP contribution in [0.5, 0.6) is 0 Å². The van der Waals surface area contributed by atoms with Crippen molar-refractivity contribution in [3.8, 4) is 0 Å². The van der Waals surface area contributed by atoms with Crippen LogP contribution in [0.15, 0.2) is 30.3 Å². The third kappa shape index (κ3) is 8.24. The largest absolute Gasteiger partial charge is 0.443 e. The Kier molecular flexibility index (Phi) is 9.78. The zero-order chi connectivity index (χ0) is 33.3. The van der Waals surface area contributed by atoms with Crippen LogP contribution in [-0.4, -0.2) is 83.4 Å². The number of alkyl halides is 2. The van der Waals surface area contributed by atoms with Gasteiger partial charge in [0.1, 0.15) is 22.4 Å². The lowest BCUT2D eigenvalue weighted by atomic mass is 9.93. The fraction of sp³-hybridized carbons (Fsp3) is 0.594. The van der Waals surface area contributed by atoms with E-state index < -0.39 is 34.5 Å². The van der Waals surface area contributed by atoms with Gasteiger partial charge in [0.15, 0.2) is 5.82 Å². The van der Waals surface area contributed by atoms with Gasteiger partial charge in [-0.3, -0.25) is 9.69 Å². The lowest BCUT2D eigenvalue weighted by Gasteiger charge is -2.35. The minimum absolute atomic E-state index is 0.0271. The highest BCUT2D eigenvalue weighted by Crippen LogP contribution is 2.54. The van der Waals surface area contributed by atoms with Gasteiger partial charge in [-0.2, -0.15) is 0 Å². The van der Waals surface area contributed by atoms with Gasteiger partial charge in [0, 0.05) is 51.8 Å². The van der Waals surface area contributed by atoms with Crippen molar-refractivity contribution in [1.82, 2.24) is 4.98 Å². The quantitative estimate of drug-likeness (QED) is 0.326. The molecule has 2 aromatic rings. The van der Waals surface area contributed by atoms with Gasteiger partial charge in [-0.1, -0.05) is 0 Å². The maximum atomic E-state index is 14.1. The van der Waals surface area contributed by atoms with Crippen molar-refractivity contribution in [2.75, 3.05) is 70.3 Å². The molecule has 0 bridgehead atoms. The molecule has 3 N–H and O–H groups in total. The van der Waals surface area contributed by atoms with Crippen molar-refractivity contribution in [2.24, 2.45) is 5.41 Å². The van der Waals surface area contributed by atoms with Crippen molar-refractivity contribution in [3.05, 3.63) is 35.9 Å². The minimum atomic E-state index is -2.78. The predicted molar refractivity (Wildman–Crippen MR) is 176 cm³/mol. The van der Waals surface area contributed by atoms with Gasteiger partial charge in [0.05, 0.1) is 29.3 Å². The first-order valence-corrected chi connectivity index (χ1v) is 17.1. The normalized spacial score (nSPS) is 19.4. The second-order valence-electron chi connectivity index (χ2n) is 13.5. The fourth-order valence-corrected chi connectivity index (χ4v) is 6.53. The lowest BCUT2D eigenvalue weighted by molar-refractivity contribution is -0.0221. The molecule has 1 atom stereocenters. The first-order valence-electron chi connectivity index (χ1n) is 15.7. The first kappa shape index (κ1) is 33.8. The number of amides is 2. The molecule has 3 heterocycles. The van der Waals surface area contributed by atoms with Crippen LogP contribution in [0.25, 0.3) is 0 Å². The average Bonchev–Trinajstić information content (AvgIpc) is 3.74. The molecule has 1 aromatic carbocycles. The molecule has 3 fully saturated rings. The zero-order valence-electron chi connectivity index (χ0n) is 26.9. The van der Waals surface area contributed by atoms with E-state index in [1.165, 1.54) is 24.8 Å². The van der Waals surface area contributed by atoms with Crippen molar-refractivity contribution in [3.63, 3.8) is 0 Å². The number of aliphatic hydroxyl groups excluding tert-OH is 1. The summed E-state index contributed by atoms with van der Waals surface area (Å²) < 4.78 is 48.8. The minimum Gasteiger partial charge on any atom is -0.443 e. The highest BCUT2D eigenvalue weighted by Gasteiger charge is 2.44. The summed E-state index contributed by atoms with van der Waals surface area (Å²) in [6.45, 7) is 6.67. The molecule has 46 heavy (non-hydrogen) atoms. The third-order valence-electron chi connectivity index (χ3n) is 8.79. The van der Waals surface area contributed by atoms with Crippen molar-refractivity contribution in [1.29, 1.82) is 0 Å². The summed E-state index contributed by atoms with van der Waals surface area (Å²) in [5, 5.41) is 12.0. The van der Waals surface area contributed by atoms with Gasteiger partial charge in [-0.15, -0.1) is 0 Å². The van der Waals surface area contributed by atoms with E-state index in [4.69, 9.17) is 9.84 Å². The SMILES string of the molecule is CN(C(=O)OC(C)(C)C)c1ccc(NC(=O)c2ccc(NS(=O)CCO)cc2N2CCC3(CC2)CC3)nc1N1CCC(F)(F)CC1. The van der Waals surface area contributed by atoms with E-state index in [1.807, 2.05) is 0 Å². The molecule has 1 aromatic heterocycles. The molecule has 3 aliphatic rings.